The van der Waals surface area contributed by atoms with Gasteiger partial charge in [0.1, 0.15) is 0 Å². The Hall–Kier alpha value is -1.44. The summed E-state index contributed by atoms with van der Waals surface area (Å²) >= 11 is 0. The summed E-state index contributed by atoms with van der Waals surface area (Å²) in [5, 5.41) is 0. The first-order valence-corrected chi connectivity index (χ1v) is 15.9. The number of allylic oxidation sites excluding steroid dienone is 3. The minimum absolute atomic E-state index is 0.00643. The largest absolute Gasteiger partial charge is 0.203 e. The van der Waals surface area contributed by atoms with Gasteiger partial charge in [-0.05, 0) is 92.9 Å². The first-order valence-electron chi connectivity index (χ1n) is 15.9. The molecule has 1 aromatic rings. The summed E-state index contributed by atoms with van der Waals surface area (Å²) in [6, 6.07) is 3.63. The van der Waals surface area contributed by atoms with Gasteiger partial charge in [-0.15, -0.1) is 0 Å². The molecule has 0 N–H and O–H groups in total. The van der Waals surface area contributed by atoms with Gasteiger partial charge in [0.2, 0.25) is 0 Å². The van der Waals surface area contributed by atoms with Crippen molar-refractivity contribution in [3.63, 3.8) is 0 Å². The molecule has 2 fully saturated rings. The van der Waals surface area contributed by atoms with E-state index in [0.29, 0.717) is 23.0 Å². The quantitative estimate of drug-likeness (QED) is 0.205. The molecule has 4 rings (SSSR count). The van der Waals surface area contributed by atoms with Gasteiger partial charge in [-0.25, -0.2) is 8.78 Å². The Balaban J connectivity index is 1.25. The highest BCUT2D eigenvalue weighted by Crippen LogP contribution is 2.43. The average molecular weight is 511 g/mol. The molecule has 0 amide bonds. The van der Waals surface area contributed by atoms with E-state index in [0.717, 1.165) is 30.6 Å². The Morgan fingerprint density at radius 3 is 2.05 bits per heavy atom. The van der Waals surface area contributed by atoms with Gasteiger partial charge in [0, 0.05) is 11.5 Å². The molecule has 3 aliphatic carbocycles. The van der Waals surface area contributed by atoms with Crippen LogP contribution in [-0.2, 0) is 0 Å². The third kappa shape index (κ3) is 8.03. The number of unbranched alkanes of at least 4 members (excludes halogenated alkanes) is 3. The van der Waals surface area contributed by atoms with E-state index < -0.39 is 11.6 Å². The molecule has 0 nitrogen and oxygen atoms in total. The van der Waals surface area contributed by atoms with Crippen LogP contribution >= 0.6 is 0 Å². The maximum absolute atomic E-state index is 15.1. The van der Waals surface area contributed by atoms with E-state index in [9.17, 15) is 0 Å². The van der Waals surface area contributed by atoms with Crippen LogP contribution in [0.1, 0.15) is 140 Å². The van der Waals surface area contributed by atoms with Crippen LogP contribution in [0.3, 0.4) is 0 Å². The summed E-state index contributed by atoms with van der Waals surface area (Å²) in [4.78, 5) is 0. The van der Waals surface area contributed by atoms with Crippen LogP contribution in [0.25, 0.3) is 6.08 Å². The minimum Gasteiger partial charge on any atom is -0.203 e. The maximum atomic E-state index is 15.1. The van der Waals surface area contributed by atoms with Gasteiger partial charge in [-0.2, -0.15) is 0 Å². The number of benzene rings is 1. The Bertz CT molecular complexity index is 867. The van der Waals surface area contributed by atoms with Crippen molar-refractivity contribution >= 4 is 6.08 Å². The lowest BCUT2D eigenvalue weighted by Gasteiger charge is -2.37. The smallest absolute Gasteiger partial charge is 0.166 e. The summed E-state index contributed by atoms with van der Waals surface area (Å²) in [5.74, 6) is 2.62. The Morgan fingerprint density at radius 1 is 0.703 bits per heavy atom. The highest BCUT2D eigenvalue weighted by Gasteiger charge is 2.30. The van der Waals surface area contributed by atoms with Crippen molar-refractivity contribution in [2.45, 2.75) is 129 Å². The van der Waals surface area contributed by atoms with E-state index in [1.807, 2.05) is 12.1 Å². The number of rotatable bonds is 11. The van der Waals surface area contributed by atoms with Crippen molar-refractivity contribution in [2.24, 2.45) is 29.6 Å². The fourth-order valence-electron chi connectivity index (χ4n) is 7.52. The standard InChI is InChI=1S/C35H52F2/c1-3-5-7-9-27-14-21-31(22-15-27)33-25-24-32(34(36)35(33)37)23-16-28-12-19-30(20-13-28)29-17-10-26(11-18-29)8-6-4-2/h14,16,21,23-31H,3-13,15,17-20,22H2,1-2H3/b23-16+. The average Bonchev–Trinajstić information content (AvgIpc) is 2.94. The summed E-state index contributed by atoms with van der Waals surface area (Å²) in [6.07, 6.45) is 30.4. The van der Waals surface area contributed by atoms with Crippen molar-refractivity contribution in [3.05, 3.63) is 53.1 Å². The predicted molar refractivity (Wildman–Crippen MR) is 155 cm³/mol. The molecule has 2 unspecified atom stereocenters. The van der Waals surface area contributed by atoms with Crippen LogP contribution in [-0.4, -0.2) is 0 Å². The highest BCUT2D eigenvalue weighted by atomic mass is 19.2. The van der Waals surface area contributed by atoms with E-state index in [-0.39, 0.29) is 5.92 Å². The second-order valence-electron chi connectivity index (χ2n) is 12.7. The van der Waals surface area contributed by atoms with Crippen LogP contribution in [0.2, 0.25) is 0 Å². The molecule has 37 heavy (non-hydrogen) atoms. The monoisotopic (exact) mass is 510 g/mol. The van der Waals surface area contributed by atoms with Crippen molar-refractivity contribution in [1.82, 2.24) is 0 Å². The molecule has 0 saturated heterocycles. The molecule has 0 aromatic heterocycles. The van der Waals surface area contributed by atoms with Gasteiger partial charge in [0.25, 0.3) is 0 Å². The molecular formula is C35H52F2. The molecule has 3 aliphatic rings. The summed E-state index contributed by atoms with van der Waals surface area (Å²) < 4.78 is 30.1. The molecule has 0 bridgehead atoms. The van der Waals surface area contributed by atoms with Gasteiger partial charge in [0.15, 0.2) is 11.6 Å². The zero-order valence-electron chi connectivity index (χ0n) is 23.7. The zero-order chi connectivity index (χ0) is 26.0. The van der Waals surface area contributed by atoms with Crippen LogP contribution in [0.15, 0.2) is 30.4 Å². The summed E-state index contributed by atoms with van der Waals surface area (Å²) in [7, 11) is 0. The molecule has 0 aliphatic heterocycles. The van der Waals surface area contributed by atoms with Gasteiger partial charge in [0.05, 0.1) is 0 Å². The molecule has 1 aromatic carbocycles. The van der Waals surface area contributed by atoms with Gasteiger partial charge >= 0.3 is 0 Å². The molecule has 0 radical (unpaired) electrons. The van der Waals surface area contributed by atoms with Crippen LogP contribution in [0, 0.1) is 41.2 Å². The first-order chi connectivity index (χ1) is 18.1. The lowest BCUT2D eigenvalue weighted by atomic mass is 9.68. The van der Waals surface area contributed by atoms with Gasteiger partial charge in [-0.1, -0.05) is 102 Å². The molecule has 206 valence electrons. The van der Waals surface area contributed by atoms with Crippen LogP contribution < -0.4 is 0 Å². The number of hydrogen-bond acceptors (Lipinski definition) is 0. The topological polar surface area (TPSA) is 0 Å². The van der Waals surface area contributed by atoms with Crippen molar-refractivity contribution in [1.29, 1.82) is 0 Å². The van der Waals surface area contributed by atoms with E-state index in [2.05, 4.69) is 32.1 Å². The van der Waals surface area contributed by atoms with Crippen molar-refractivity contribution < 1.29 is 8.78 Å². The van der Waals surface area contributed by atoms with Crippen molar-refractivity contribution in [2.75, 3.05) is 0 Å². The lowest BCUT2D eigenvalue weighted by Crippen LogP contribution is -2.25. The maximum Gasteiger partial charge on any atom is 0.166 e. The fraction of sp³-hybridized carbons (Fsp3) is 0.714. The van der Waals surface area contributed by atoms with E-state index >= 15 is 8.78 Å². The molecule has 2 atom stereocenters. The predicted octanol–water partition coefficient (Wildman–Crippen LogP) is 11.4. The van der Waals surface area contributed by atoms with E-state index in [1.54, 1.807) is 6.07 Å². The molecule has 2 heteroatoms. The second kappa shape index (κ2) is 14.6. The lowest BCUT2D eigenvalue weighted by molar-refractivity contribution is 0.152. The number of halogens is 2. The third-order valence-electron chi connectivity index (χ3n) is 10.1. The van der Waals surface area contributed by atoms with Crippen LogP contribution in [0.5, 0.6) is 0 Å². The van der Waals surface area contributed by atoms with Gasteiger partial charge < -0.3 is 0 Å². The Morgan fingerprint density at radius 2 is 1.41 bits per heavy atom. The van der Waals surface area contributed by atoms with E-state index in [1.165, 1.54) is 96.3 Å². The van der Waals surface area contributed by atoms with Gasteiger partial charge in [-0.3, -0.25) is 0 Å². The first kappa shape index (κ1) is 28.6. The van der Waals surface area contributed by atoms with Crippen LogP contribution in [0.4, 0.5) is 8.78 Å². The number of hydrogen-bond donors (Lipinski definition) is 0. The third-order valence-corrected chi connectivity index (χ3v) is 10.1. The Kier molecular flexibility index (Phi) is 11.3. The summed E-state index contributed by atoms with van der Waals surface area (Å²) in [5.41, 5.74) is 0.939. The normalized spacial score (nSPS) is 30.7. The fourth-order valence-corrected chi connectivity index (χ4v) is 7.52. The molecule has 0 heterocycles. The Labute approximate surface area is 226 Å². The zero-order valence-corrected chi connectivity index (χ0v) is 23.7. The SMILES string of the molecule is CCCCCC1C=CC(c2ccc(/C=C/C3CCC(C4CCC(CCCC)CC4)CC3)c(F)c2F)CC1. The second-order valence-corrected chi connectivity index (χ2v) is 12.7. The molecule has 0 spiro atoms. The summed E-state index contributed by atoms with van der Waals surface area (Å²) in [6.45, 7) is 4.53. The molecular weight excluding hydrogens is 458 g/mol. The minimum atomic E-state index is -0.666. The van der Waals surface area contributed by atoms with Crippen molar-refractivity contribution in [3.8, 4) is 0 Å². The molecule has 2 saturated carbocycles. The highest BCUT2D eigenvalue weighted by molar-refractivity contribution is 5.52. The van der Waals surface area contributed by atoms with E-state index in [4.69, 9.17) is 0 Å².